The number of hydrogen-bond donors (Lipinski definition) is 3. The Morgan fingerprint density at radius 2 is 0.538 bits per heavy atom. The van der Waals surface area contributed by atoms with Gasteiger partial charge in [-0.3, -0.25) is 37.3 Å². The van der Waals surface area contributed by atoms with E-state index >= 15 is 0 Å². The van der Waals surface area contributed by atoms with Gasteiger partial charge in [0.15, 0.2) is 12.2 Å². The Morgan fingerprint density at radius 1 is 0.288 bits per heavy atom. The van der Waals surface area contributed by atoms with E-state index < -0.39 is 97.5 Å². The molecule has 598 valence electrons. The van der Waals surface area contributed by atoms with Gasteiger partial charge in [-0.15, -0.1) is 0 Å². The van der Waals surface area contributed by atoms with Gasteiger partial charge in [0.2, 0.25) is 0 Å². The second kappa shape index (κ2) is 76.6. The van der Waals surface area contributed by atoms with Gasteiger partial charge in [0.25, 0.3) is 0 Å². The van der Waals surface area contributed by atoms with Crippen molar-refractivity contribution in [3.05, 3.63) is 122 Å². The van der Waals surface area contributed by atoms with Gasteiger partial charge in [-0.1, -0.05) is 316 Å². The average molecular weight is 1500 g/mol. The third-order valence-corrected chi connectivity index (χ3v) is 18.9. The highest BCUT2D eigenvalue weighted by Gasteiger charge is 2.30. The first-order chi connectivity index (χ1) is 50.7. The van der Waals surface area contributed by atoms with Crippen LogP contribution in [0.15, 0.2) is 122 Å². The van der Waals surface area contributed by atoms with Crippen LogP contribution in [0.25, 0.3) is 0 Å². The summed E-state index contributed by atoms with van der Waals surface area (Å²) in [6.07, 6.45) is 84.9. The second-order valence-electron chi connectivity index (χ2n) is 27.0. The van der Waals surface area contributed by atoms with Gasteiger partial charge in [-0.2, -0.15) is 0 Å². The van der Waals surface area contributed by atoms with Crippen LogP contribution >= 0.6 is 15.6 Å². The standard InChI is InChI=1S/C85H146O17P2/c1-5-9-13-17-21-25-29-33-37-38-39-40-44-46-50-54-58-62-66-70-83(88)96-76-81(102-85(90)72-68-64-60-56-52-48-43-36-32-28-24-20-16-12-8-4)78-100-104(93,94)98-74-79(86)73-97-103(91,92)99-77-80(101-84(89)71-67-63-59-55-51-47-42-35-31-27-23-19-15-11-7-3)75-95-82(87)69-65-61-57-53-49-45-41-34-30-26-22-18-14-10-6-2/h9-10,13-14,21-22,25-26,33-34,36-37,39-41,43,49,53,61,65,79-81,86H,5-8,11-12,15-20,23-24,27-32,35,38,42,44-48,50-52,54-60,62-64,66-78H2,1-4H3,(H,91,92)(H,93,94)/b13-9-,14-10-,25-21-,26-22-,37-33-,40-39-,41-34-,43-36-,53-49-,65-61-. The highest BCUT2D eigenvalue weighted by Crippen LogP contribution is 2.45. The lowest BCUT2D eigenvalue weighted by atomic mass is 10.0. The fourth-order valence-corrected chi connectivity index (χ4v) is 12.4. The SMILES string of the molecule is CC/C=C\C/C=C\C/C=C\C/C=C\C/C=C\CC(=O)OCC(COP(=O)(O)OCC(O)COP(=O)(O)OCC(COC(=O)CCCCCCCC/C=C\C/C=C\C/C=C\C/C=C\CC)OC(=O)CCCCCCC/C=C\CCCCCCCC)OC(=O)CCCCCCCCCCCCCCCCC. The zero-order chi connectivity index (χ0) is 76.0. The Balaban J connectivity index is 5.42. The molecule has 0 aliphatic rings. The smallest absolute Gasteiger partial charge is 0.462 e. The molecule has 104 heavy (non-hydrogen) atoms. The quantitative estimate of drug-likeness (QED) is 0.0169. The van der Waals surface area contributed by atoms with Crippen LogP contribution in [0.4, 0.5) is 0 Å². The number of ether oxygens (including phenoxy) is 4. The lowest BCUT2D eigenvalue weighted by Gasteiger charge is -2.21. The predicted molar refractivity (Wildman–Crippen MR) is 427 cm³/mol. The Kier molecular flexibility index (Phi) is 73.3. The van der Waals surface area contributed by atoms with Gasteiger partial charge >= 0.3 is 39.5 Å². The number of esters is 4. The van der Waals surface area contributed by atoms with Crippen LogP contribution in [-0.2, 0) is 65.4 Å². The van der Waals surface area contributed by atoms with Gasteiger partial charge in [0.05, 0.1) is 32.8 Å². The predicted octanol–water partition coefficient (Wildman–Crippen LogP) is 23.9. The van der Waals surface area contributed by atoms with E-state index in [1.54, 1.807) is 6.08 Å². The van der Waals surface area contributed by atoms with Crippen molar-refractivity contribution in [2.75, 3.05) is 39.6 Å². The summed E-state index contributed by atoms with van der Waals surface area (Å²) < 4.78 is 68.5. The van der Waals surface area contributed by atoms with Crippen LogP contribution in [0.3, 0.4) is 0 Å². The summed E-state index contributed by atoms with van der Waals surface area (Å²) in [4.78, 5) is 73.0. The number of phosphoric acid groups is 2. The molecule has 5 unspecified atom stereocenters. The average Bonchev–Trinajstić information content (AvgIpc) is 0.912. The van der Waals surface area contributed by atoms with Crippen LogP contribution in [0.5, 0.6) is 0 Å². The van der Waals surface area contributed by atoms with Crippen molar-refractivity contribution < 1.29 is 80.2 Å². The van der Waals surface area contributed by atoms with E-state index in [0.717, 1.165) is 154 Å². The molecule has 0 fully saturated rings. The van der Waals surface area contributed by atoms with Gasteiger partial charge in [-0.25, -0.2) is 9.13 Å². The first kappa shape index (κ1) is 99.5. The number of aliphatic hydroxyl groups excluding tert-OH is 1. The number of carbonyl (C=O) groups is 4. The molecule has 3 N–H and O–H groups in total. The summed E-state index contributed by atoms with van der Waals surface area (Å²) >= 11 is 0. The number of rotatable bonds is 76. The highest BCUT2D eigenvalue weighted by molar-refractivity contribution is 7.47. The Hall–Kier alpha value is -4.54. The molecule has 17 nitrogen and oxygen atoms in total. The number of carbonyl (C=O) groups excluding carboxylic acids is 4. The van der Waals surface area contributed by atoms with Crippen LogP contribution in [-0.4, -0.2) is 96.7 Å². The monoisotopic (exact) mass is 1500 g/mol. The van der Waals surface area contributed by atoms with Gasteiger partial charge < -0.3 is 33.8 Å². The second-order valence-corrected chi connectivity index (χ2v) is 29.9. The lowest BCUT2D eigenvalue weighted by Crippen LogP contribution is -2.30. The molecular formula is C85H146O17P2. The maximum atomic E-state index is 13.1. The zero-order valence-corrected chi connectivity index (χ0v) is 67.2. The zero-order valence-electron chi connectivity index (χ0n) is 65.4. The van der Waals surface area contributed by atoms with Crippen molar-refractivity contribution in [3.8, 4) is 0 Å². The van der Waals surface area contributed by atoms with E-state index in [1.165, 1.54) is 103 Å². The summed E-state index contributed by atoms with van der Waals surface area (Å²) in [7, 11) is -9.99. The minimum absolute atomic E-state index is 0.0701. The maximum absolute atomic E-state index is 13.1. The Morgan fingerprint density at radius 3 is 0.865 bits per heavy atom. The summed E-state index contributed by atoms with van der Waals surface area (Å²) in [6, 6.07) is 0. The molecule has 0 rings (SSSR count). The molecule has 0 aromatic rings. The first-order valence-electron chi connectivity index (χ1n) is 40.8. The molecule has 5 atom stereocenters. The summed E-state index contributed by atoms with van der Waals surface area (Å²) in [5.74, 6) is -2.33. The highest BCUT2D eigenvalue weighted by atomic mass is 31.2. The van der Waals surface area contributed by atoms with Crippen LogP contribution < -0.4 is 0 Å². The van der Waals surface area contributed by atoms with Crippen molar-refractivity contribution >= 4 is 39.5 Å². The first-order valence-corrected chi connectivity index (χ1v) is 43.8. The minimum Gasteiger partial charge on any atom is -0.462 e. The molecule has 0 radical (unpaired) electrons. The molecule has 0 aromatic heterocycles. The normalized spacial score (nSPS) is 14.5. The number of allylic oxidation sites excluding steroid dienone is 19. The molecule has 0 heterocycles. The maximum Gasteiger partial charge on any atom is 0.472 e. The van der Waals surface area contributed by atoms with E-state index in [2.05, 4.69) is 125 Å². The molecular weight excluding hydrogens is 1350 g/mol. The van der Waals surface area contributed by atoms with Gasteiger partial charge in [0, 0.05) is 19.3 Å². The third kappa shape index (κ3) is 75.7. The molecule has 0 aromatic carbocycles. The topological polar surface area (TPSA) is 237 Å². The third-order valence-electron chi connectivity index (χ3n) is 17.0. The fraction of sp³-hybridized carbons (Fsp3) is 0.718. The summed E-state index contributed by atoms with van der Waals surface area (Å²) in [5.41, 5.74) is 0. The molecule has 0 saturated heterocycles. The number of phosphoric ester groups is 2. The van der Waals surface area contributed by atoms with Crippen molar-refractivity contribution in [2.24, 2.45) is 0 Å². The van der Waals surface area contributed by atoms with Crippen molar-refractivity contribution in [3.63, 3.8) is 0 Å². The molecule has 0 amide bonds. The Labute approximate surface area is 632 Å². The van der Waals surface area contributed by atoms with E-state index in [4.69, 9.17) is 37.0 Å². The van der Waals surface area contributed by atoms with Crippen molar-refractivity contribution in [1.29, 1.82) is 0 Å². The van der Waals surface area contributed by atoms with Crippen LogP contribution in [0.2, 0.25) is 0 Å². The van der Waals surface area contributed by atoms with Crippen LogP contribution in [0, 0.1) is 0 Å². The van der Waals surface area contributed by atoms with Gasteiger partial charge in [0.1, 0.15) is 19.3 Å². The van der Waals surface area contributed by atoms with Gasteiger partial charge in [-0.05, 0) is 116 Å². The molecule has 0 spiro atoms. The van der Waals surface area contributed by atoms with E-state index in [0.29, 0.717) is 25.7 Å². The number of hydrogen-bond acceptors (Lipinski definition) is 15. The van der Waals surface area contributed by atoms with E-state index in [1.807, 2.05) is 18.2 Å². The van der Waals surface area contributed by atoms with E-state index in [9.17, 15) is 43.2 Å². The van der Waals surface area contributed by atoms with Crippen molar-refractivity contribution in [1.82, 2.24) is 0 Å². The van der Waals surface area contributed by atoms with Crippen molar-refractivity contribution in [2.45, 2.75) is 354 Å². The van der Waals surface area contributed by atoms with Crippen LogP contribution in [0.1, 0.15) is 336 Å². The summed E-state index contributed by atoms with van der Waals surface area (Å²) in [5, 5.41) is 10.6. The molecule has 0 bridgehead atoms. The Bertz CT molecular complexity index is 2440. The summed E-state index contributed by atoms with van der Waals surface area (Å²) in [6.45, 7) is 4.55. The largest absolute Gasteiger partial charge is 0.472 e. The molecule has 0 aliphatic heterocycles. The minimum atomic E-state index is -5.00. The lowest BCUT2D eigenvalue weighted by molar-refractivity contribution is -0.161. The molecule has 0 saturated carbocycles. The molecule has 19 heteroatoms. The molecule has 0 aliphatic carbocycles. The number of unbranched alkanes of at least 4 members (excludes halogenated alkanes) is 31. The number of aliphatic hydroxyl groups is 1. The fourth-order valence-electron chi connectivity index (χ4n) is 10.8. The van der Waals surface area contributed by atoms with E-state index in [-0.39, 0.29) is 25.7 Å².